The van der Waals surface area contributed by atoms with Crippen LogP contribution in [-0.2, 0) is 22.6 Å². The highest BCUT2D eigenvalue weighted by Crippen LogP contribution is 2.32. The van der Waals surface area contributed by atoms with Crippen LogP contribution in [0.25, 0.3) is 0 Å². The Labute approximate surface area is 351 Å². The molecular formula is C45H72BrN5O6. The number of carbonyl (C=O) groups excluding carboxylic acids is 2. The second-order valence-corrected chi connectivity index (χ2v) is 19.0. The number of benzene rings is 2. The van der Waals surface area contributed by atoms with Crippen LogP contribution >= 0.6 is 15.9 Å². The van der Waals surface area contributed by atoms with Gasteiger partial charge < -0.3 is 34.4 Å². The van der Waals surface area contributed by atoms with Gasteiger partial charge in [-0.15, -0.1) is 0 Å². The van der Waals surface area contributed by atoms with E-state index in [4.69, 9.17) is 14.6 Å². The number of aryl methyl sites for hydroxylation is 2. The van der Waals surface area contributed by atoms with E-state index in [-0.39, 0.29) is 18.8 Å². The van der Waals surface area contributed by atoms with E-state index < -0.39 is 11.2 Å². The first-order valence-electron chi connectivity index (χ1n) is 21.2. The number of anilines is 1. The Morgan fingerprint density at radius 1 is 0.649 bits per heavy atom. The van der Waals surface area contributed by atoms with E-state index in [9.17, 15) is 14.7 Å². The molecule has 11 nitrogen and oxygen atoms in total. The average molecular weight is 859 g/mol. The van der Waals surface area contributed by atoms with Crippen molar-refractivity contribution < 1.29 is 29.3 Å². The number of carbonyl (C=O) groups is 2. The van der Waals surface area contributed by atoms with Gasteiger partial charge in [0.1, 0.15) is 11.2 Å². The predicted molar refractivity (Wildman–Crippen MR) is 233 cm³/mol. The lowest BCUT2D eigenvalue weighted by Gasteiger charge is -2.36. The number of rotatable bonds is 7. The highest BCUT2D eigenvalue weighted by atomic mass is 79.9. The lowest BCUT2D eigenvalue weighted by atomic mass is 10.1. The summed E-state index contributed by atoms with van der Waals surface area (Å²) in [5.74, 6) is 1.03. The van der Waals surface area contributed by atoms with Crippen molar-refractivity contribution >= 4 is 33.8 Å². The molecule has 1 atom stereocenters. The average Bonchev–Trinajstić information content (AvgIpc) is 3.86. The molecule has 1 saturated carbocycles. The van der Waals surface area contributed by atoms with Crippen LogP contribution in [0.2, 0.25) is 0 Å². The molecule has 4 aliphatic rings. The van der Waals surface area contributed by atoms with E-state index in [1.54, 1.807) is 4.90 Å². The maximum atomic E-state index is 12.3. The fourth-order valence-corrected chi connectivity index (χ4v) is 8.21. The van der Waals surface area contributed by atoms with E-state index in [1.165, 1.54) is 58.1 Å². The van der Waals surface area contributed by atoms with Gasteiger partial charge in [-0.05, 0) is 103 Å². The van der Waals surface area contributed by atoms with Crippen molar-refractivity contribution in [2.75, 3.05) is 83.6 Å². The number of aliphatic hydroxyl groups excluding tert-OH is 2. The first-order chi connectivity index (χ1) is 27.0. The number of amides is 2. The summed E-state index contributed by atoms with van der Waals surface area (Å²) in [4.78, 5) is 35.2. The number of nitrogens with zero attached hydrogens (tertiary/aromatic N) is 5. The van der Waals surface area contributed by atoms with Gasteiger partial charge in [0.05, 0.1) is 0 Å². The summed E-state index contributed by atoms with van der Waals surface area (Å²) in [5, 5.41) is 18.1. The Morgan fingerprint density at radius 2 is 1.11 bits per heavy atom. The van der Waals surface area contributed by atoms with Crippen LogP contribution in [0.15, 0.2) is 40.9 Å². The lowest BCUT2D eigenvalue weighted by Crippen LogP contribution is -2.49. The van der Waals surface area contributed by atoms with E-state index in [2.05, 4.69) is 80.9 Å². The fourth-order valence-electron chi connectivity index (χ4n) is 7.82. The summed E-state index contributed by atoms with van der Waals surface area (Å²) < 4.78 is 12.1. The van der Waals surface area contributed by atoms with Gasteiger partial charge in [-0.1, -0.05) is 65.2 Å². The molecule has 2 aromatic rings. The van der Waals surface area contributed by atoms with Crippen molar-refractivity contribution in [2.45, 2.75) is 112 Å². The highest BCUT2D eigenvalue weighted by molar-refractivity contribution is 9.10. The van der Waals surface area contributed by atoms with Crippen LogP contribution in [-0.4, -0.2) is 132 Å². The van der Waals surface area contributed by atoms with Crippen LogP contribution in [0.1, 0.15) is 95.9 Å². The van der Waals surface area contributed by atoms with Crippen LogP contribution < -0.4 is 4.90 Å². The van der Waals surface area contributed by atoms with Crippen LogP contribution in [0.3, 0.4) is 0 Å². The third kappa shape index (κ3) is 15.3. The van der Waals surface area contributed by atoms with Crippen molar-refractivity contribution in [2.24, 2.45) is 11.8 Å². The monoisotopic (exact) mass is 857 g/mol. The lowest BCUT2D eigenvalue weighted by molar-refractivity contribution is 0.0129. The molecule has 4 fully saturated rings. The topological polar surface area (TPSA) is 109 Å². The molecule has 3 saturated heterocycles. The van der Waals surface area contributed by atoms with E-state index in [0.717, 1.165) is 71.9 Å². The first kappa shape index (κ1) is 46.8. The van der Waals surface area contributed by atoms with Gasteiger partial charge in [-0.2, -0.15) is 0 Å². The molecule has 0 radical (unpaired) electrons. The maximum Gasteiger partial charge on any atom is 0.410 e. The van der Waals surface area contributed by atoms with Crippen LogP contribution in [0.5, 0.6) is 0 Å². The number of ether oxygens (including phenoxy) is 2. The van der Waals surface area contributed by atoms with Gasteiger partial charge >= 0.3 is 12.2 Å². The van der Waals surface area contributed by atoms with Crippen molar-refractivity contribution in [3.05, 3.63) is 63.1 Å². The summed E-state index contributed by atoms with van der Waals surface area (Å²) in [6.07, 6.45) is 5.84. The minimum absolute atomic E-state index is 0.205. The third-order valence-corrected chi connectivity index (χ3v) is 12.2. The number of piperazine rings is 2. The summed E-state index contributed by atoms with van der Waals surface area (Å²) in [7, 11) is 0. The molecule has 1 aliphatic carbocycles. The smallest absolute Gasteiger partial charge is 0.410 e. The zero-order valence-corrected chi connectivity index (χ0v) is 37.8. The number of para-hydroxylation sites is 1. The quantitative estimate of drug-likeness (QED) is 0.288. The van der Waals surface area contributed by atoms with Crippen molar-refractivity contribution in [3.8, 4) is 0 Å². The fraction of sp³-hybridized carbons (Fsp3) is 0.689. The maximum absolute atomic E-state index is 12.3. The second-order valence-electron chi connectivity index (χ2n) is 18.2. The Bertz CT molecular complexity index is 1560. The molecule has 3 heterocycles. The third-order valence-electron chi connectivity index (χ3n) is 11.0. The molecule has 2 amide bonds. The van der Waals surface area contributed by atoms with Crippen molar-refractivity contribution in [1.29, 1.82) is 0 Å². The number of hydrogen-bond acceptors (Lipinski definition) is 9. The Kier molecular flexibility index (Phi) is 18.0. The first-order valence-corrected chi connectivity index (χ1v) is 21.9. The highest BCUT2D eigenvalue weighted by Gasteiger charge is 2.29. The van der Waals surface area contributed by atoms with E-state index in [0.29, 0.717) is 31.5 Å². The minimum Gasteiger partial charge on any atom is -0.444 e. The van der Waals surface area contributed by atoms with Gasteiger partial charge in [-0.3, -0.25) is 9.80 Å². The number of halogens is 1. The van der Waals surface area contributed by atoms with Crippen LogP contribution in [0, 0.1) is 25.7 Å². The SMILES string of the molecule is Cc1cccc(CN2CCN(C(=O)OC(C)(C)C)CC2)c1Br.Cc1cccc(CN2CCN(C(=O)OC(C)(C)C)CC2)c1N1CC[C@H](CO)C1.OCC1CCCC1. The van der Waals surface area contributed by atoms with Crippen LogP contribution in [0.4, 0.5) is 15.3 Å². The molecule has 2 N–H and O–H groups in total. The number of aliphatic hydroxyl groups is 2. The second kappa shape index (κ2) is 21.9. The summed E-state index contributed by atoms with van der Waals surface area (Å²) >= 11 is 3.66. The molecule has 57 heavy (non-hydrogen) atoms. The van der Waals surface area contributed by atoms with Crippen molar-refractivity contribution in [1.82, 2.24) is 19.6 Å². The molecular weight excluding hydrogens is 786 g/mol. The number of hydrogen-bond donors (Lipinski definition) is 2. The van der Waals surface area contributed by atoms with Gasteiger partial charge in [-0.25, -0.2) is 9.59 Å². The molecule has 0 bridgehead atoms. The normalized spacial score (nSPS) is 19.8. The Morgan fingerprint density at radius 3 is 1.54 bits per heavy atom. The summed E-state index contributed by atoms with van der Waals surface area (Å²) in [6, 6.07) is 12.9. The van der Waals surface area contributed by atoms with Gasteiger partial charge in [0.2, 0.25) is 0 Å². The molecule has 3 aliphatic heterocycles. The Hall–Kier alpha value is -2.90. The van der Waals surface area contributed by atoms with E-state index >= 15 is 0 Å². The molecule has 0 spiro atoms. The van der Waals surface area contributed by atoms with Gasteiger partial charge in [0.15, 0.2) is 0 Å². The standard InChI is InChI=1S/C22H35N3O3.C17H25BrN2O2.C6H12O/c1-17-6-5-7-19(20(17)25-9-8-18(14-25)16-26)15-23-10-12-24(13-11-23)21(27)28-22(2,3)4;1-13-6-5-7-14(15(13)18)12-19-8-10-20(11-9-19)16(21)22-17(2,3)4;7-5-6-3-1-2-4-6/h5-7,18,26H,8-16H2,1-4H3;5-7H,8-12H2,1-4H3;6-7H,1-5H2/t18-;;/m0../s1. The van der Waals surface area contributed by atoms with Gasteiger partial charge in [0.25, 0.3) is 0 Å². The summed E-state index contributed by atoms with van der Waals surface area (Å²) in [6.45, 7) is 26.4. The largest absolute Gasteiger partial charge is 0.444 e. The summed E-state index contributed by atoms with van der Waals surface area (Å²) in [5.41, 5.74) is 5.63. The molecule has 320 valence electrons. The zero-order chi connectivity index (χ0) is 41.8. The van der Waals surface area contributed by atoms with E-state index in [1.807, 2.05) is 46.4 Å². The molecule has 12 heteroatoms. The molecule has 6 rings (SSSR count). The molecule has 0 aromatic heterocycles. The zero-order valence-electron chi connectivity index (χ0n) is 36.2. The Balaban J connectivity index is 0.000000220. The predicted octanol–water partition coefficient (Wildman–Crippen LogP) is 7.85. The molecule has 2 aromatic carbocycles. The minimum atomic E-state index is -0.452. The van der Waals surface area contributed by atoms with Crippen molar-refractivity contribution in [3.63, 3.8) is 0 Å². The van der Waals surface area contributed by atoms with Gasteiger partial charge in [0, 0.05) is 108 Å². The molecule has 0 unspecified atom stereocenters.